The molecule has 0 unspecified atom stereocenters. The SMILES string of the molecule is O=C([O-])[C@@H]1[C@@H](C(=O)NCCc2ccc(Cl)cc2)[C@H]2C=C[C@@H]1O2. The number of carbonyl (C=O) groups excluding carboxylic acids is 2. The standard InChI is InChI=1S/C16H16ClNO4/c17-10-3-1-9(2-4-10)7-8-18-15(19)13-11-5-6-12(22-11)14(13)16(20)21/h1-6,11-14H,7-8H2,(H,18,19)(H,20,21)/p-1/t11-,12+,13+,14+/m1/s1. The van der Waals surface area contributed by atoms with Crippen molar-refractivity contribution >= 4 is 23.5 Å². The molecule has 0 spiro atoms. The molecule has 3 rings (SSSR count). The molecule has 1 N–H and O–H groups in total. The van der Waals surface area contributed by atoms with Gasteiger partial charge in [-0.15, -0.1) is 0 Å². The maximum atomic E-state index is 12.3. The fraction of sp³-hybridized carbons (Fsp3) is 0.375. The minimum atomic E-state index is -1.24. The van der Waals surface area contributed by atoms with Crippen molar-refractivity contribution in [3.63, 3.8) is 0 Å². The number of amides is 1. The molecular weight excluding hydrogens is 306 g/mol. The summed E-state index contributed by atoms with van der Waals surface area (Å²) in [5.74, 6) is -3.18. The first-order valence-corrected chi connectivity index (χ1v) is 7.51. The fourth-order valence-electron chi connectivity index (χ4n) is 3.00. The molecule has 0 radical (unpaired) electrons. The smallest absolute Gasteiger partial charge is 0.226 e. The number of nitrogens with one attached hydrogen (secondary N) is 1. The first-order chi connectivity index (χ1) is 10.6. The Morgan fingerprint density at radius 1 is 1.14 bits per heavy atom. The summed E-state index contributed by atoms with van der Waals surface area (Å²) in [5, 5.41) is 14.7. The highest BCUT2D eigenvalue weighted by Crippen LogP contribution is 2.38. The summed E-state index contributed by atoms with van der Waals surface area (Å²) >= 11 is 5.81. The van der Waals surface area contributed by atoms with Crippen LogP contribution in [-0.2, 0) is 20.7 Å². The van der Waals surface area contributed by atoms with Crippen LogP contribution in [0.1, 0.15) is 5.56 Å². The van der Waals surface area contributed by atoms with E-state index in [1.54, 1.807) is 24.3 Å². The van der Waals surface area contributed by atoms with Crippen LogP contribution >= 0.6 is 11.6 Å². The largest absolute Gasteiger partial charge is 0.550 e. The van der Waals surface area contributed by atoms with Crippen molar-refractivity contribution < 1.29 is 19.4 Å². The maximum Gasteiger partial charge on any atom is 0.226 e. The van der Waals surface area contributed by atoms with Crippen LogP contribution in [0.2, 0.25) is 5.02 Å². The maximum absolute atomic E-state index is 12.3. The zero-order chi connectivity index (χ0) is 15.7. The molecule has 0 saturated carbocycles. The predicted molar refractivity (Wildman–Crippen MR) is 78.0 cm³/mol. The number of aliphatic carboxylic acids is 1. The first-order valence-electron chi connectivity index (χ1n) is 7.13. The Labute approximate surface area is 132 Å². The Morgan fingerprint density at radius 3 is 2.41 bits per heavy atom. The first kappa shape index (κ1) is 15.1. The normalized spacial score (nSPS) is 28.8. The van der Waals surface area contributed by atoms with Crippen LogP contribution in [0.3, 0.4) is 0 Å². The number of hydrogen-bond acceptors (Lipinski definition) is 4. The average molecular weight is 321 g/mol. The number of carboxylic acids is 1. The second-order valence-electron chi connectivity index (χ2n) is 5.49. The van der Waals surface area contributed by atoms with Gasteiger partial charge in [-0.3, -0.25) is 4.79 Å². The Hall–Kier alpha value is -1.85. The highest BCUT2D eigenvalue weighted by molar-refractivity contribution is 6.30. The molecule has 1 saturated heterocycles. The van der Waals surface area contributed by atoms with E-state index >= 15 is 0 Å². The van der Waals surface area contributed by atoms with E-state index in [1.165, 1.54) is 0 Å². The number of carboxylic acid groups (broad SMARTS) is 1. The minimum absolute atomic E-state index is 0.306. The molecule has 1 fully saturated rings. The van der Waals surface area contributed by atoms with Crippen LogP contribution in [0.4, 0.5) is 0 Å². The van der Waals surface area contributed by atoms with Crippen molar-refractivity contribution in [3.05, 3.63) is 47.0 Å². The third-order valence-electron chi connectivity index (χ3n) is 4.10. The molecule has 5 nitrogen and oxygen atoms in total. The zero-order valence-electron chi connectivity index (χ0n) is 11.7. The number of hydrogen-bond donors (Lipinski definition) is 1. The van der Waals surface area contributed by atoms with Crippen molar-refractivity contribution in [1.29, 1.82) is 0 Å². The number of ether oxygens (including phenoxy) is 1. The van der Waals surface area contributed by atoms with E-state index in [-0.39, 0.29) is 5.91 Å². The van der Waals surface area contributed by atoms with E-state index < -0.39 is 30.0 Å². The van der Waals surface area contributed by atoms with E-state index in [4.69, 9.17) is 16.3 Å². The van der Waals surface area contributed by atoms with E-state index in [2.05, 4.69) is 5.32 Å². The van der Waals surface area contributed by atoms with Gasteiger partial charge in [0.25, 0.3) is 0 Å². The van der Waals surface area contributed by atoms with E-state index in [0.717, 1.165) is 5.56 Å². The number of halogens is 1. The summed E-state index contributed by atoms with van der Waals surface area (Å²) in [6.45, 7) is 0.428. The average Bonchev–Trinajstić information content (AvgIpc) is 3.09. The molecule has 1 amide bonds. The Balaban J connectivity index is 1.56. The molecule has 1 aromatic rings. The molecule has 2 aliphatic rings. The summed E-state index contributed by atoms with van der Waals surface area (Å²) in [5.41, 5.74) is 1.05. The van der Waals surface area contributed by atoms with Crippen molar-refractivity contribution in [1.82, 2.24) is 5.32 Å². The molecule has 4 atom stereocenters. The quantitative estimate of drug-likeness (QED) is 0.792. The summed E-state index contributed by atoms with van der Waals surface area (Å²) in [4.78, 5) is 23.5. The van der Waals surface area contributed by atoms with Crippen LogP contribution in [0, 0.1) is 11.8 Å². The second-order valence-corrected chi connectivity index (χ2v) is 5.92. The summed E-state index contributed by atoms with van der Waals surface area (Å²) in [7, 11) is 0. The van der Waals surface area contributed by atoms with Crippen LogP contribution < -0.4 is 10.4 Å². The number of fused-ring (bicyclic) bond motifs is 2. The predicted octanol–water partition coefficient (Wildman–Crippen LogP) is 0.318. The Bertz CT molecular complexity index is 613. The molecule has 2 heterocycles. The van der Waals surface area contributed by atoms with Crippen LogP contribution in [0.15, 0.2) is 36.4 Å². The highest BCUT2D eigenvalue weighted by Gasteiger charge is 2.50. The van der Waals surface area contributed by atoms with Gasteiger partial charge in [-0.05, 0) is 24.1 Å². The molecule has 1 aromatic carbocycles. The molecular formula is C16H15ClNO4-. The monoisotopic (exact) mass is 320 g/mol. The van der Waals surface area contributed by atoms with Crippen molar-refractivity contribution in [2.75, 3.05) is 6.54 Å². The van der Waals surface area contributed by atoms with Gasteiger partial charge in [0.15, 0.2) is 0 Å². The fourth-order valence-corrected chi connectivity index (χ4v) is 3.13. The third kappa shape index (κ3) is 2.87. The molecule has 0 aromatic heterocycles. The third-order valence-corrected chi connectivity index (χ3v) is 4.35. The highest BCUT2D eigenvalue weighted by atomic mass is 35.5. The molecule has 22 heavy (non-hydrogen) atoms. The van der Waals surface area contributed by atoms with Crippen molar-refractivity contribution in [2.24, 2.45) is 11.8 Å². The van der Waals surface area contributed by atoms with Gasteiger partial charge < -0.3 is 20.0 Å². The summed E-state index contributed by atoms with van der Waals surface area (Å²) < 4.78 is 5.45. The van der Waals surface area contributed by atoms with Gasteiger partial charge in [0.1, 0.15) is 0 Å². The molecule has 0 aliphatic carbocycles. The topological polar surface area (TPSA) is 78.5 Å². The van der Waals surface area contributed by atoms with Gasteiger partial charge in [-0.25, -0.2) is 0 Å². The van der Waals surface area contributed by atoms with Crippen LogP contribution in [0.25, 0.3) is 0 Å². The van der Waals surface area contributed by atoms with Gasteiger partial charge >= 0.3 is 0 Å². The van der Waals surface area contributed by atoms with Gasteiger partial charge in [0.05, 0.1) is 18.1 Å². The molecule has 6 heteroatoms. The van der Waals surface area contributed by atoms with Gasteiger partial charge in [-0.2, -0.15) is 0 Å². The Kier molecular flexibility index (Phi) is 4.18. The van der Waals surface area contributed by atoms with Gasteiger partial charge in [0, 0.05) is 23.5 Å². The van der Waals surface area contributed by atoms with Gasteiger partial charge in [-0.1, -0.05) is 35.9 Å². The van der Waals surface area contributed by atoms with Crippen molar-refractivity contribution in [3.8, 4) is 0 Å². The lowest BCUT2D eigenvalue weighted by Gasteiger charge is -2.24. The summed E-state index contributed by atoms with van der Waals surface area (Å²) in [6, 6.07) is 7.36. The van der Waals surface area contributed by atoms with Crippen molar-refractivity contribution in [2.45, 2.75) is 18.6 Å². The van der Waals surface area contributed by atoms with E-state index in [0.29, 0.717) is 18.0 Å². The van der Waals surface area contributed by atoms with E-state index in [1.807, 2.05) is 12.1 Å². The molecule has 2 bridgehead atoms. The van der Waals surface area contributed by atoms with Gasteiger partial charge in [0.2, 0.25) is 5.91 Å². The zero-order valence-corrected chi connectivity index (χ0v) is 12.5. The lowest BCUT2D eigenvalue weighted by molar-refractivity contribution is -0.313. The second kappa shape index (κ2) is 6.10. The lowest BCUT2D eigenvalue weighted by atomic mass is 9.82. The molecule has 116 valence electrons. The van der Waals surface area contributed by atoms with Crippen LogP contribution in [-0.4, -0.2) is 30.6 Å². The van der Waals surface area contributed by atoms with E-state index in [9.17, 15) is 14.7 Å². The summed E-state index contributed by atoms with van der Waals surface area (Å²) in [6.07, 6.45) is 3.05. The molecule has 2 aliphatic heterocycles. The number of benzene rings is 1. The minimum Gasteiger partial charge on any atom is -0.550 e. The Morgan fingerprint density at radius 2 is 1.77 bits per heavy atom. The number of carbonyl (C=O) groups is 2. The number of rotatable bonds is 5. The lowest BCUT2D eigenvalue weighted by Crippen LogP contribution is -2.47. The van der Waals surface area contributed by atoms with Crippen LogP contribution in [0.5, 0.6) is 0 Å².